The van der Waals surface area contributed by atoms with Crippen molar-refractivity contribution in [3.63, 3.8) is 0 Å². The normalized spacial score (nSPS) is 21.0. The molecule has 136 valence electrons. The Bertz CT molecular complexity index is 446. The Morgan fingerprint density at radius 1 is 0.917 bits per heavy atom. The van der Waals surface area contributed by atoms with E-state index in [9.17, 15) is 14.4 Å². The van der Waals surface area contributed by atoms with E-state index in [0.29, 0.717) is 31.6 Å². The zero-order chi connectivity index (χ0) is 17.4. The highest BCUT2D eigenvalue weighted by atomic mass is 16.5. The molecule has 2 saturated heterocycles. The van der Waals surface area contributed by atoms with E-state index < -0.39 is 0 Å². The second kappa shape index (κ2) is 9.64. The first-order valence-corrected chi connectivity index (χ1v) is 9.22. The summed E-state index contributed by atoms with van der Waals surface area (Å²) in [5.74, 6) is 0.554. The smallest absolute Gasteiger partial charge is 0.305 e. The van der Waals surface area contributed by atoms with Crippen molar-refractivity contribution in [2.75, 3.05) is 33.3 Å². The molecule has 0 saturated carbocycles. The van der Waals surface area contributed by atoms with Gasteiger partial charge in [0.2, 0.25) is 11.8 Å². The molecule has 0 bridgehead atoms. The number of rotatable bonds is 7. The lowest BCUT2D eigenvalue weighted by Gasteiger charge is -2.33. The van der Waals surface area contributed by atoms with Crippen LogP contribution in [0.5, 0.6) is 0 Å². The Hall–Kier alpha value is -1.59. The van der Waals surface area contributed by atoms with Crippen LogP contribution >= 0.6 is 0 Å². The maximum absolute atomic E-state index is 12.3. The fourth-order valence-corrected chi connectivity index (χ4v) is 3.62. The van der Waals surface area contributed by atoms with Gasteiger partial charge in [0.1, 0.15) is 0 Å². The summed E-state index contributed by atoms with van der Waals surface area (Å²) in [4.78, 5) is 39.4. The van der Waals surface area contributed by atoms with E-state index in [4.69, 9.17) is 0 Å². The van der Waals surface area contributed by atoms with E-state index >= 15 is 0 Å². The predicted octanol–water partition coefficient (Wildman–Crippen LogP) is 1.97. The second-order valence-electron chi connectivity index (χ2n) is 6.90. The van der Waals surface area contributed by atoms with Crippen molar-refractivity contribution >= 4 is 17.8 Å². The molecular formula is C18H30N2O4. The van der Waals surface area contributed by atoms with Crippen molar-refractivity contribution in [3.8, 4) is 0 Å². The molecule has 0 aromatic heterocycles. The van der Waals surface area contributed by atoms with Crippen LogP contribution < -0.4 is 0 Å². The van der Waals surface area contributed by atoms with Crippen LogP contribution in [0.25, 0.3) is 0 Å². The van der Waals surface area contributed by atoms with Crippen molar-refractivity contribution in [2.45, 2.75) is 57.8 Å². The lowest BCUT2D eigenvalue weighted by molar-refractivity contribution is -0.141. The Kier molecular flexibility index (Phi) is 7.53. The van der Waals surface area contributed by atoms with Crippen LogP contribution in [0, 0.1) is 5.92 Å². The van der Waals surface area contributed by atoms with E-state index in [-0.39, 0.29) is 17.8 Å². The molecule has 2 fully saturated rings. The quantitative estimate of drug-likeness (QED) is 0.666. The number of piperidine rings is 1. The van der Waals surface area contributed by atoms with E-state index in [1.165, 1.54) is 7.11 Å². The predicted molar refractivity (Wildman–Crippen MR) is 90.2 cm³/mol. The number of hydrogen-bond acceptors (Lipinski definition) is 4. The maximum atomic E-state index is 12.3. The fraction of sp³-hybridized carbons (Fsp3) is 0.833. The molecule has 0 spiro atoms. The molecule has 6 heteroatoms. The highest BCUT2D eigenvalue weighted by Crippen LogP contribution is 2.23. The molecule has 1 unspecified atom stereocenters. The van der Waals surface area contributed by atoms with Crippen LogP contribution in [0.4, 0.5) is 0 Å². The minimum atomic E-state index is -0.264. The summed E-state index contributed by atoms with van der Waals surface area (Å²) in [6.45, 7) is 3.38. The summed E-state index contributed by atoms with van der Waals surface area (Å²) < 4.78 is 4.59. The van der Waals surface area contributed by atoms with Crippen LogP contribution in [0.3, 0.4) is 0 Å². The molecule has 2 rings (SSSR count). The number of esters is 1. The number of nitrogens with zero attached hydrogens (tertiary/aromatic N) is 2. The third kappa shape index (κ3) is 5.80. The molecule has 2 amide bonds. The van der Waals surface area contributed by atoms with E-state index in [1.54, 1.807) is 0 Å². The molecule has 2 aliphatic heterocycles. The number of ether oxygens (including phenoxy) is 1. The minimum Gasteiger partial charge on any atom is -0.469 e. The van der Waals surface area contributed by atoms with E-state index in [1.807, 2.05) is 9.80 Å². The zero-order valence-electron chi connectivity index (χ0n) is 14.8. The van der Waals surface area contributed by atoms with Gasteiger partial charge < -0.3 is 14.5 Å². The van der Waals surface area contributed by atoms with Crippen LogP contribution in [0.1, 0.15) is 57.8 Å². The van der Waals surface area contributed by atoms with Gasteiger partial charge in [0, 0.05) is 45.4 Å². The summed E-state index contributed by atoms with van der Waals surface area (Å²) >= 11 is 0. The van der Waals surface area contributed by atoms with Crippen LogP contribution in [0.2, 0.25) is 0 Å². The van der Waals surface area contributed by atoms with Crippen LogP contribution in [0.15, 0.2) is 0 Å². The third-order valence-corrected chi connectivity index (χ3v) is 5.10. The van der Waals surface area contributed by atoms with Gasteiger partial charge in [-0.2, -0.15) is 0 Å². The molecule has 0 aromatic carbocycles. The Morgan fingerprint density at radius 3 is 2.29 bits per heavy atom. The number of carbonyl (C=O) groups is 3. The lowest BCUT2D eigenvalue weighted by atomic mass is 9.93. The van der Waals surface area contributed by atoms with Crippen molar-refractivity contribution in [1.82, 2.24) is 9.80 Å². The Labute approximate surface area is 144 Å². The highest BCUT2D eigenvalue weighted by molar-refractivity contribution is 5.77. The molecule has 0 N–H and O–H groups in total. The zero-order valence-corrected chi connectivity index (χ0v) is 14.8. The monoisotopic (exact) mass is 338 g/mol. The largest absolute Gasteiger partial charge is 0.469 e. The summed E-state index contributed by atoms with van der Waals surface area (Å²) in [7, 11) is 1.36. The first kappa shape index (κ1) is 18.7. The van der Waals surface area contributed by atoms with Crippen molar-refractivity contribution in [2.24, 2.45) is 5.92 Å². The highest BCUT2D eigenvalue weighted by Gasteiger charge is 2.25. The third-order valence-electron chi connectivity index (χ3n) is 5.10. The van der Waals surface area contributed by atoms with Gasteiger partial charge in [0.25, 0.3) is 0 Å². The number of amides is 2. The topological polar surface area (TPSA) is 66.9 Å². The second-order valence-corrected chi connectivity index (χ2v) is 6.90. The van der Waals surface area contributed by atoms with Gasteiger partial charge in [-0.15, -0.1) is 0 Å². The van der Waals surface area contributed by atoms with E-state index in [2.05, 4.69) is 4.74 Å². The average Bonchev–Trinajstić information content (AvgIpc) is 3.14. The lowest BCUT2D eigenvalue weighted by Crippen LogP contribution is -2.40. The fourth-order valence-electron chi connectivity index (χ4n) is 3.62. The first-order valence-electron chi connectivity index (χ1n) is 9.22. The summed E-state index contributed by atoms with van der Waals surface area (Å²) in [5.41, 5.74) is 0. The molecule has 2 aliphatic rings. The van der Waals surface area contributed by atoms with Gasteiger partial charge in [-0.3, -0.25) is 14.4 Å². The van der Waals surface area contributed by atoms with Gasteiger partial charge in [-0.1, -0.05) is 0 Å². The molecule has 0 radical (unpaired) electrons. The van der Waals surface area contributed by atoms with Crippen molar-refractivity contribution < 1.29 is 19.1 Å². The summed E-state index contributed by atoms with van der Waals surface area (Å²) in [6.07, 6.45) is 7.07. The van der Waals surface area contributed by atoms with E-state index in [0.717, 1.165) is 58.3 Å². The van der Waals surface area contributed by atoms with Gasteiger partial charge in [0.15, 0.2) is 0 Å². The van der Waals surface area contributed by atoms with Crippen molar-refractivity contribution in [3.05, 3.63) is 0 Å². The van der Waals surface area contributed by atoms with Gasteiger partial charge in [-0.05, 0) is 44.4 Å². The molecular weight excluding hydrogens is 308 g/mol. The Balaban J connectivity index is 1.67. The molecule has 2 heterocycles. The van der Waals surface area contributed by atoms with Crippen LogP contribution in [-0.4, -0.2) is 60.9 Å². The van der Waals surface area contributed by atoms with Gasteiger partial charge >= 0.3 is 5.97 Å². The molecule has 1 atom stereocenters. The SMILES string of the molecule is COC(=O)CCCC(=O)N1CCCC(CCC(=O)N2CCCC2)C1. The van der Waals surface area contributed by atoms with Gasteiger partial charge in [-0.25, -0.2) is 0 Å². The number of methoxy groups -OCH3 is 1. The number of likely N-dealkylation sites (tertiary alicyclic amines) is 2. The molecule has 0 aromatic rings. The first-order chi connectivity index (χ1) is 11.6. The minimum absolute atomic E-state index is 0.120. The molecule has 24 heavy (non-hydrogen) atoms. The van der Waals surface area contributed by atoms with Gasteiger partial charge in [0.05, 0.1) is 7.11 Å². The standard InChI is InChI=1S/C18H30N2O4/c1-24-18(23)8-4-7-16(21)20-13-5-6-15(14-20)9-10-17(22)19-11-2-3-12-19/h15H,2-14H2,1H3. The van der Waals surface area contributed by atoms with Crippen LogP contribution in [-0.2, 0) is 19.1 Å². The Morgan fingerprint density at radius 2 is 1.58 bits per heavy atom. The molecule has 6 nitrogen and oxygen atoms in total. The number of carbonyl (C=O) groups excluding carboxylic acids is 3. The average molecular weight is 338 g/mol. The summed E-state index contributed by atoms with van der Waals surface area (Å²) in [5, 5.41) is 0. The molecule has 0 aliphatic carbocycles. The summed E-state index contributed by atoms with van der Waals surface area (Å²) in [6, 6.07) is 0. The van der Waals surface area contributed by atoms with Crippen molar-refractivity contribution in [1.29, 1.82) is 0 Å². The number of hydrogen-bond donors (Lipinski definition) is 0. The maximum Gasteiger partial charge on any atom is 0.305 e.